The smallest absolute Gasteiger partial charge is 0.221 e. The molecule has 0 heterocycles. The van der Waals surface area contributed by atoms with E-state index in [0.717, 1.165) is 0 Å². The average molecular weight is 315 g/mol. The number of benzene rings is 1. The van der Waals surface area contributed by atoms with Crippen molar-refractivity contribution in [3.63, 3.8) is 0 Å². The van der Waals surface area contributed by atoms with Crippen molar-refractivity contribution in [2.75, 3.05) is 13.6 Å². The minimum Gasteiger partial charge on any atom is -0.389 e. The van der Waals surface area contributed by atoms with E-state index in [1.54, 1.807) is 24.3 Å². The number of amides is 1. The SMILES string of the molecule is CNC(=O)CCNS(=O)(=O)Cc1cccc(C(N)=S)c1. The van der Waals surface area contributed by atoms with Gasteiger partial charge in [-0.2, -0.15) is 0 Å². The zero-order valence-corrected chi connectivity index (χ0v) is 12.7. The van der Waals surface area contributed by atoms with E-state index in [-0.39, 0.29) is 29.6 Å². The molecule has 8 heteroatoms. The molecule has 0 spiro atoms. The van der Waals surface area contributed by atoms with Crippen LogP contribution in [0.1, 0.15) is 17.5 Å². The lowest BCUT2D eigenvalue weighted by atomic mass is 10.1. The summed E-state index contributed by atoms with van der Waals surface area (Å²) in [6, 6.07) is 6.74. The second-order valence-corrected chi connectivity index (χ2v) is 6.39. The van der Waals surface area contributed by atoms with Crippen molar-refractivity contribution in [1.82, 2.24) is 10.0 Å². The summed E-state index contributed by atoms with van der Waals surface area (Å²) in [7, 11) is -2.00. The molecule has 1 aromatic rings. The lowest BCUT2D eigenvalue weighted by Gasteiger charge is -2.07. The minimum atomic E-state index is -3.50. The number of hydrogen-bond acceptors (Lipinski definition) is 4. The molecule has 0 fully saturated rings. The molecular formula is C12H17N3O3S2. The Kier molecular flexibility index (Phi) is 6.05. The fourth-order valence-corrected chi connectivity index (χ4v) is 2.79. The maximum atomic E-state index is 11.8. The molecule has 0 radical (unpaired) electrons. The predicted octanol–water partition coefficient (Wildman–Crippen LogP) is -0.124. The van der Waals surface area contributed by atoms with Gasteiger partial charge in [-0.25, -0.2) is 13.1 Å². The molecule has 20 heavy (non-hydrogen) atoms. The molecule has 1 amide bonds. The summed E-state index contributed by atoms with van der Waals surface area (Å²) < 4.78 is 26.1. The van der Waals surface area contributed by atoms with E-state index in [4.69, 9.17) is 18.0 Å². The number of nitrogens with one attached hydrogen (secondary N) is 2. The van der Waals surface area contributed by atoms with Crippen molar-refractivity contribution in [1.29, 1.82) is 0 Å². The van der Waals surface area contributed by atoms with Crippen molar-refractivity contribution < 1.29 is 13.2 Å². The standard InChI is InChI=1S/C12H17N3O3S2/c1-14-11(16)5-6-15-20(17,18)8-9-3-2-4-10(7-9)12(13)19/h2-4,7,15H,5-6,8H2,1H3,(H2,13,19)(H,14,16). The number of rotatable bonds is 7. The van der Waals surface area contributed by atoms with E-state index in [1.807, 2.05) is 0 Å². The van der Waals surface area contributed by atoms with Crippen molar-refractivity contribution in [2.24, 2.45) is 5.73 Å². The first kappa shape index (κ1) is 16.5. The van der Waals surface area contributed by atoms with E-state index >= 15 is 0 Å². The third kappa shape index (κ3) is 5.64. The van der Waals surface area contributed by atoms with Crippen LogP contribution < -0.4 is 15.8 Å². The molecule has 110 valence electrons. The minimum absolute atomic E-state index is 0.0665. The Morgan fingerprint density at radius 1 is 1.40 bits per heavy atom. The Morgan fingerprint density at radius 2 is 2.10 bits per heavy atom. The monoisotopic (exact) mass is 315 g/mol. The third-order valence-electron chi connectivity index (χ3n) is 2.52. The summed E-state index contributed by atoms with van der Waals surface area (Å²) >= 11 is 4.84. The molecule has 0 bridgehead atoms. The normalized spacial score (nSPS) is 11.1. The molecule has 6 nitrogen and oxygen atoms in total. The van der Waals surface area contributed by atoms with Crippen LogP contribution in [0.3, 0.4) is 0 Å². The fourth-order valence-electron chi connectivity index (χ4n) is 1.53. The zero-order valence-electron chi connectivity index (χ0n) is 11.0. The van der Waals surface area contributed by atoms with Crippen LogP contribution in [0.15, 0.2) is 24.3 Å². The van der Waals surface area contributed by atoms with Gasteiger partial charge in [-0.15, -0.1) is 0 Å². The first-order chi connectivity index (χ1) is 9.34. The van der Waals surface area contributed by atoms with Crippen molar-refractivity contribution >= 4 is 33.1 Å². The molecule has 0 unspecified atom stereocenters. The van der Waals surface area contributed by atoms with Crippen LogP contribution in [0.5, 0.6) is 0 Å². The van der Waals surface area contributed by atoms with Crippen molar-refractivity contribution in [3.8, 4) is 0 Å². The highest BCUT2D eigenvalue weighted by molar-refractivity contribution is 7.88. The van der Waals surface area contributed by atoms with Crippen LogP contribution in [-0.2, 0) is 20.6 Å². The van der Waals surface area contributed by atoms with Gasteiger partial charge in [0, 0.05) is 25.6 Å². The highest BCUT2D eigenvalue weighted by Crippen LogP contribution is 2.08. The quantitative estimate of drug-likeness (QED) is 0.609. The Morgan fingerprint density at radius 3 is 2.70 bits per heavy atom. The highest BCUT2D eigenvalue weighted by Gasteiger charge is 2.12. The summed E-state index contributed by atoms with van der Waals surface area (Å²) in [6.07, 6.45) is 0.0999. The van der Waals surface area contributed by atoms with E-state index in [0.29, 0.717) is 11.1 Å². The van der Waals surface area contributed by atoms with Gasteiger partial charge in [0.05, 0.1) is 5.75 Å². The maximum Gasteiger partial charge on any atom is 0.221 e. The Balaban J connectivity index is 2.64. The number of sulfonamides is 1. The molecule has 0 aliphatic carbocycles. The van der Waals surface area contributed by atoms with E-state index in [2.05, 4.69) is 10.0 Å². The molecule has 0 aromatic heterocycles. The van der Waals surface area contributed by atoms with Gasteiger partial charge < -0.3 is 11.1 Å². The Hall–Kier alpha value is -1.51. The summed E-state index contributed by atoms with van der Waals surface area (Å²) in [5.41, 5.74) is 6.71. The van der Waals surface area contributed by atoms with E-state index in [1.165, 1.54) is 7.05 Å². The summed E-state index contributed by atoms with van der Waals surface area (Å²) in [5.74, 6) is -0.403. The van der Waals surface area contributed by atoms with Gasteiger partial charge in [-0.05, 0) is 11.6 Å². The van der Waals surface area contributed by atoms with Crippen LogP contribution >= 0.6 is 12.2 Å². The van der Waals surface area contributed by atoms with Gasteiger partial charge in [-0.3, -0.25) is 4.79 Å². The number of thiocarbonyl (C=S) groups is 1. The van der Waals surface area contributed by atoms with Crippen LogP contribution in [0.25, 0.3) is 0 Å². The first-order valence-corrected chi connectivity index (χ1v) is 7.97. The van der Waals surface area contributed by atoms with Gasteiger partial charge >= 0.3 is 0 Å². The number of nitrogens with two attached hydrogens (primary N) is 1. The second-order valence-electron chi connectivity index (χ2n) is 4.14. The van der Waals surface area contributed by atoms with Crippen molar-refractivity contribution in [3.05, 3.63) is 35.4 Å². The lowest BCUT2D eigenvalue weighted by Crippen LogP contribution is -2.30. The zero-order chi connectivity index (χ0) is 15.2. The van der Waals surface area contributed by atoms with Gasteiger partial charge in [0.25, 0.3) is 0 Å². The third-order valence-corrected chi connectivity index (χ3v) is 4.11. The van der Waals surface area contributed by atoms with E-state index < -0.39 is 10.0 Å². The predicted molar refractivity (Wildman–Crippen MR) is 81.6 cm³/mol. The number of carbonyl (C=O) groups is 1. The molecular weight excluding hydrogens is 298 g/mol. The maximum absolute atomic E-state index is 11.8. The topological polar surface area (TPSA) is 101 Å². The van der Waals surface area contributed by atoms with Crippen LogP contribution in [0, 0.1) is 0 Å². The summed E-state index contributed by atoms with van der Waals surface area (Å²) in [5, 5.41) is 2.42. The molecule has 1 aromatic carbocycles. The molecule has 0 saturated carbocycles. The van der Waals surface area contributed by atoms with Gasteiger partial charge in [-0.1, -0.05) is 30.4 Å². The Bertz CT molecular complexity index is 600. The van der Waals surface area contributed by atoms with Crippen LogP contribution in [0.4, 0.5) is 0 Å². The number of hydrogen-bond donors (Lipinski definition) is 3. The van der Waals surface area contributed by atoms with Crippen LogP contribution in [-0.4, -0.2) is 32.9 Å². The first-order valence-electron chi connectivity index (χ1n) is 5.91. The van der Waals surface area contributed by atoms with Crippen molar-refractivity contribution in [2.45, 2.75) is 12.2 Å². The lowest BCUT2D eigenvalue weighted by molar-refractivity contribution is -0.120. The molecule has 0 atom stereocenters. The average Bonchev–Trinajstić information content (AvgIpc) is 2.37. The highest BCUT2D eigenvalue weighted by atomic mass is 32.2. The van der Waals surface area contributed by atoms with Gasteiger partial charge in [0.15, 0.2) is 0 Å². The Labute approximate surface area is 123 Å². The molecule has 0 aliphatic rings. The summed E-state index contributed by atoms with van der Waals surface area (Å²) in [6.45, 7) is 0.0665. The molecule has 0 aliphatic heterocycles. The van der Waals surface area contributed by atoms with Gasteiger partial charge in [0.1, 0.15) is 4.99 Å². The van der Waals surface area contributed by atoms with Gasteiger partial charge in [0.2, 0.25) is 15.9 Å². The second kappa shape index (κ2) is 7.32. The van der Waals surface area contributed by atoms with E-state index in [9.17, 15) is 13.2 Å². The molecule has 1 rings (SSSR count). The summed E-state index contributed by atoms with van der Waals surface area (Å²) in [4.78, 5) is 11.2. The number of carbonyl (C=O) groups excluding carboxylic acids is 1. The van der Waals surface area contributed by atoms with Crippen LogP contribution in [0.2, 0.25) is 0 Å². The fraction of sp³-hybridized carbons (Fsp3) is 0.333. The largest absolute Gasteiger partial charge is 0.389 e. The molecule has 0 saturated heterocycles. The molecule has 4 N–H and O–H groups in total.